The van der Waals surface area contributed by atoms with Gasteiger partial charge in [0.15, 0.2) is 0 Å². The summed E-state index contributed by atoms with van der Waals surface area (Å²) in [4.78, 5) is 0. The first-order valence-corrected chi connectivity index (χ1v) is 6.74. The van der Waals surface area contributed by atoms with Gasteiger partial charge in [0.05, 0.1) is 0 Å². The second-order valence-electron chi connectivity index (χ2n) is 3.48. The van der Waals surface area contributed by atoms with Crippen LogP contribution in [0, 0.1) is 0 Å². The monoisotopic (exact) mass is 244 g/mol. The van der Waals surface area contributed by atoms with Crippen LogP contribution >= 0.6 is 8.03 Å². The Morgan fingerprint density at radius 1 is 0.882 bits per heavy atom. The summed E-state index contributed by atoms with van der Waals surface area (Å²) in [7, 11) is -2.17. The molecule has 0 saturated heterocycles. The molecule has 0 N–H and O–H groups in total. The first kappa shape index (κ1) is 11.7. The molecular formula is C14H13O2P. The van der Waals surface area contributed by atoms with Crippen molar-refractivity contribution in [3.05, 3.63) is 72.0 Å². The lowest BCUT2D eigenvalue weighted by Crippen LogP contribution is -1.77. The van der Waals surface area contributed by atoms with Crippen molar-refractivity contribution in [2.75, 3.05) is 0 Å². The van der Waals surface area contributed by atoms with Crippen LogP contribution in [0.4, 0.5) is 0 Å². The van der Waals surface area contributed by atoms with E-state index in [1.165, 1.54) is 0 Å². The molecule has 0 aliphatic rings. The molecule has 0 bridgehead atoms. The Bertz CT molecular complexity index is 506. The molecule has 2 aromatic rings. The van der Waals surface area contributed by atoms with Crippen molar-refractivity contribution in [3.8, 4) is 5.75 Å². The van der Waals surface area contributed by atoms with E-state index in [0.29, 0.717) is 5.75 Å². The Hall–Kier alpha value is -1.79. The molecule has 0 aliphatic carbocycles. The van der Waals surface area contributed by atoms with E-state index < -0.39 is 8.03 Å². The molecular weight excluding hydrogens is 231 g/mol. The maximum atomic E-state index is 11.7. The van der Waals surface area contributed by atoms with Gasteiger partial charge in [0.1, 0.15) is 5.75 Å². The molecule has 2 rings (SSSR count). The van der Waals surface area contributed by atoms with Crippen LogP contribution in [0.15, 0.2) is 66.5 Å². The van der Waals surface area contributed by atoms with Crippen molar-refractivity contribution in [3.63, 3.8) is 0 Å². The minimum Gasteiger partial charge on any atom is -0.442 e. The third kappa shape index (κ3) is 3.93. The zero-order chi connectivity index (χ0) is 11.9. The Labute approximate surface area is 101 Å². The minimum absolute atomic E-state index is 0.633. The van der Waals surface area contributed by atoms with Crippen LogP contribution < -0.4 is 4.52 Å². The smallest absolute Gasteiger partial charge is 0.258 e. The number of hydrogen-bond acceptors (Lipinski definition) is 2. The topological polar surface area (TPSA) is 26.3 Å². The summed E-state index contributed by atoms with van der Waals surface area (Å²) < 4.78 is 17.0. The highest BCUT2D eigenvalue weighted by Gasteiger charge is 1.95. The molecule has 86 valence electrons. The number of benzene rings is 2. The van der Waals surface area contributed by atoms with E-state index in [1.54, 1.807) is 17.9 Å². The summed E-state index contributed by atoms with van der Waals surface area (Å²) in [6.45, 7) is 0. The van der Waals surface area contributed by atoms with Crippen LogP contribution in [-0.2, 0) is 4.57 Å². The molecule has 0 saturated carbocycles. The molecule has 3 heteroatoms. The lowest BCUT2D eigenvalue weighted by atomic mass is 10.2. The number of hydrogen-bond donors (Lipinski definition) is 0. The molecule has 2 nitrogen and oxygen atoms in total. The summed E-state index contributed by atoms with van der Waals surface area (Å²) in [6.07, 6.45) is 1.81. The molecule has 2 aromatic carbocycles. The van der Waals surface area contributed by atoms with E-state index in [9.17, 15) is 4.57 Å². The summed E-state index contributed by atoms with van der Waals surface area (Å²) in [5.41, 5.74) is 1.02. The molecule has 0 radical (unpaired) electrons. The molecule has 1 atom stereocenters. The molecule has 0 heterocycles. The van der Waals surface area contributed by atoms with Crippen LogP contribution in [0.1, 0.15) is 5.56 Å². The van der Waals surface area contributed by atoms with Gasteiger partial charge in [-0.15, -0.1) is 0 Å². The van der Waals surface area contributed by atoms with Crippen LogP contribution in [-0.4, -0.2) is 0 Å². The first-order chi connectivity index (χ1) is 8.34. The molecule has 0 aliphatic heterocycles. The van der Waals surface area contributed by atoms with Crippen LogP contribution in [0.5, 0.6) is 5.75 Å². The van der Waals surface area contributed by atoms with E-state index >= 15 is 0 Å². The quantitative estimate of drug-likeness (QED) is 0.753. The van der Waals surface area contributed by atoms with Crippen molar-refractivity contribution in [1.29, 1.82) is 0 Å². The van der Waals surface area contributed by atoms with E-state index in [-0.39, 0.29) is 0 Å². The van der Waals surface area contributed by atoms with Crippen LogP contribution in [0.2, 0.25) is 0 Å². The van der Waals surface area contributed by atoms with Gasteiger partial charge in [-0.2, -0.15) is 0 Å². The van der Waals surface area contributed by atoms with Gasteiger partial charge in [-0.1, -0.05) is 48.5 Å². The van der Waals surface area contributed by atoms with E-state index in [2.05, 4.69) is 0 Å². The van der Waals surface area contributed by atoms with Gasteiger partial charge in [0.2, 0.25) is 0 Å². The highest BCUT2D eigenvalue weighted by Crippen LogP contribution is 2.28. The zero-order valence-corrected chi connectivity index (χ0v) is 10.2. The highest BCUT2D eigenvalue weighted by atomic mass is 31.1. The Morgan fingerprint density at radius 2 is 1.47 bits per heavy atom. The van der Waals surface area contributed by atoms with Crippen molar-refractivity contribution in [2.45, 2.75) is 0 Å². The molecule has 0 amide bonds. The summed E-state index contributed by atoms with van der Waals surface area (Å²) in [5, 5.41) is 0. The average molecular weight is 244 g/mol. The fraction of sp³-hybridized carbons (Fsp3) is 0. The normalized spacial score (nSPS) is 12.5. The third-order valence-electron chi connectivity index (χ3n) is 2.17. The van der Waals surface area contributed by atoms with Crippen LogP contribution in [0.25, 0.3) is 6.08 Å². The predicted molar refractivity (Wildman–Crippen MR) is 71.5 cm³/mol. The molecule has 1 unspecified atom stereocenters. The van der Waals surface area contributed by atoms with E-state index in [1.807, 2.05) is 54.6 Å². The Balaban J connectivity index is 1.96. The minimum atomic E-state index is -2.17. The summed E-state index contributed by atoms with van der Waals surface area (Å²) in [5.74, 6) is 2.24. The van der Waals surface area contributed by atoms with Gasteiger partial charge in [0.25, 0.3) is 8.03 Å². The maximum absolute atomic E-state index is 11.7. The van der Waals surface area contributed by atoms with Gasteiger partial charge in [0, 0.05) is 5.82 Å². The number of para-hydroxylation sites is 1. The van der Waals surface area contributed by atoms with Gasteiger partial charge in [-0.3, -0.25) is 4.57 Å². The number of rotatable bonds is 4. The van der Waals surface area contributed by atoms with Gasteiger partial charge in [-0.05, 0) is 23.8 Å². The first-order valence-electron chi connectivity index (χ1n) is 5.34. The highest BCUT2D eigenvalue weighted by molar-refractivity contribution is 7.43. The molecule has 0 fully saturated rings. The third-order valence-corrected chi connectivity index (χ3v) is 3.05. The van der Waals surface area contributed by atoms with Crippen molar-refractivity contribution < 1.29 is 9.09 Å². The maximum Gasteiger partial charge on any atom is 0.258 e. The van der Waals surface area contributed by atoms with Gasteiger partial charge in [-0.25, -0.2) is 0 Å². The summed E-state index contributed by atoms with van der Waals surface area (Å²) in [6, 6.07) is 18.9. The Morgan fingerprint density at radius 3 is 2.12 bits per heavy atom. The fourth-order valence-corrected chi connectivity index (χ4v) is 2.13. The second kappa shape index (κ2) is 6.07. The lowest BCUT2D eigenvalue weighted by molar-refractivity contribution is 0.514. The molecule has 0 aromatic heterocycles. The van der Waals surface area contributed by atoms with Crippen molar-refractivity contribution >= 4 is 14.1 Å². The SMILES string of the molecule is O=[PH](C=Cc1ccccc1)Oc1ccccc1. The van der Waals surface area contributed by atoms with Gasteiger partial charge >= 0.3 is 0 Å². The Kier molecular flexibility index (Phi) is 4.17. The van der Waals surface area contributed by atoms with E-state index in [0.717, 1.165) is 5.56 Å². The largest absolute Gasteiger partial charge is 0.442 e. The molecule has 0 spiro atoms. The average Bonchev–Trinajstić information content (AvgIpc) is 2.39. The van der Waals surface area contributed by atoms with Crippen LogP contribution in [0.3, 0.4) is 0 Å². The second-order valence-corrected chi connectivity index (χ2v) is 4.65. The standard InChI is InChI=1S/C14H13O2P/c15-17(16-14-9-5-2-6-10-14)12-11-13-7-3-1-4-8-13/h1-12,17H. The lowest BCUT2D eigenvalue weighted by Gasteiger charge is -2.01. The fourth-order valence-electron chi connectivity index (χ4n) is 1.37. The zero-order valence-electron chi connectivity index (χ0n) is 9.24. The summed E-state index contributed by atoms with van der Waals surface area (Å²) >= 11 is 0. The van der Waals surface area contributed by atoms with Crippen molar-refractivity contribution in [1.82, 2.24) is 0 Å². The van der Waals surface area contributed by atoms with E-state index in [4.69, 9.17) is 4.52 Å². The molecule has 17 heavy (non-hydrogen) atoms. The van der Waals surface area contributed by atoms with Crippen molar-refractivity contribution in [2.24, 2.45) is 0 Å². The predicted octanol–water partition coefficient (Wildman–Crippen LogP) is 4.21. The van der Waals surface area contributed by atoms with Gasteiger partial charge < -0.3 is 4.52 Å².